The predicted octanol–water partition coefficient (Wildman–Crippen LogP) is 1.11. The van der Waals surface area contributed by atoms with E-state index in [-0.39, 0.29) is 6.54 Å². The number of hydrogen-bond acceptors (Lipinski definition) is 4. The van der Waals surface area contributed by atoms with Gasteiger partial charge in [-0.25, -0.2) is 0 Å². The first-order valence-electron chi connectivity index (χ1n) is 7.37. The van der Waals surface area contributed by atoms with Crippen molar-refractivity contribution >= 4 is 0 Å². The Morgan fingerprint density at radius 1 is 1.10 bits per heavy atom. The van der Waals surface area contributed by atoms with Crippen LogP contribution in [0, 0.1) is 0 Å². The largest absolute Gasteiger partial charge is 0.382 e. The minimum atomic E-state index is -0.970. The molecule has 0 aliphatic heterocycles. The van der Waals surface area contributed by atoms with Crippen LogP contribution in [0.3, 0.4) is 0 Å². The van der Waals surface area contributed by atoms with Crippen LogP contribution >= 0.6 is 0 Å². The monoisotopic (exact) mass is 279 g/mol. The van der Waals surface area contributed by atoms with Crippen molar-refractivity contribution < 1.29 is 5.11 Å². The van der Waals surface area contributed by atoms with Crippen molar-refractivity contribution in [2.45, 2.75) is 18.9 Å². The lowest BCUT2D eigenvalue weighted by Crippen LogP contribution is -2.47. The van der Waals surface area contributed by atoms with E-state index in [1.54, 1.807) is 0 Å². The molecule has 114 valence electrons. The summed E-state index contributed by atoms with van der Waals surface area (Å²) < 4.78 is 0. The lowest BCUT2D eigenvalue weighted by atomic mass is 9.93. The first-order chi connectivity index (χ1) is 9.51. The van der Waals surface area contributed by atoms with E-state index in [1.807, 2.05) is 30.3 Å². The van der Waals surface area contributed by atoms with Gasteiger partial charge < -0.3 is 15.7 Å². The summed E-state index contributed by atoms with van der Waals surface area (Å²) in [7, 11) is 4.13. The number of aliphatic hydroxyl groups is 1. The van der Waals surface area contributed by atoms with Crippen LogP contribution in [0.4, 0.5) is 0 Å². The zero-order valence-electron chi connectivity index (χ0n) is 13.0. The van der Waals surface area contributed by atoms with E-state index in [1.165, 1.54) is 0 Å². The van der Waals surface area contributed by atoms with Gasteiger partial charge in [0, 0.05) is 26.2 Å². The molecular weight excluding hydrogens is 250 g/mol. The SMILES string of the molecule is CCCN(CCN(C)C)CC(O)(CN)c1ccccc1. The van der Waals surface area contributed by atoms with Crippen LogP contribution in [-0.4, -0.2) is 61.7 Å². The van der Waals surface area contributed by atoms with Gasteiger partial charge in [0.25, 0.3) is 0 Å². The average molecular weight is 279 g/mol. The maximum Gasteiger partial charge on any atom is 0.114 e. The summed E-state index contributed by atoms with van der Waals surface area (Å²) in [6.07, 6.45) is 1.07. The zero-order chi connectivity index (χ0) is 15.0. The Morgan fingerprint density at radius 3 is 2.25 bits per heavy atom. The molecule has 0 spiro atoms. The molecule has 0 saturated carbocycles. The van der Waals surface area contributed by atoms with Gasteiger partial charge in [0.1, 0.15) is 5.60 Å². The topological polar surface area (TPSA) is 52.7 Å². The van der Waals surface area contributed by atoms with Gasteiger partial charge >= 0.3 is 0 Å². The van der Waals surface area contributed by atoms with Crippen LogP contribution in [0.5, 0.6) is 0 Å². The van der Waals surface area contributed by atoms with E-state index in [0.29, 0.717) is 6.54 Å². The minimum absolute atomic E-state index is 0.235. The van der Waals surface area contributed by atoms with Crippen molar-refractivity contribution in [2.24, 2.45) is 5.73 Å². The van der Waals surface area contributed by atoms with Crippen LogP contribution in [0.25, 0.3) is 0 Å². The fourth-order valence-corrected chi connectivity index (χ4v) is 2.32. The lowest BCUT2D eigenvalue weighted by Gasteiger charge is -2.34. The molecule has 1 rings (SSSR count). The Bertz CT molecular complexity index is 369. The van der Waals surface area contributed by atoms with Crippen molar-refractivity contribution in [3.05, 3.63) is 35.9 Å². The Balaban J connectivity index is 2.76. The molecule has 0 saturated heterocycles. The highest BCUT2D eigenvalue weighted by Gasteiger charge is 2.29. The summed E-state index contributed by atoms with van der Waals surface area (Å²) >= 11 is 0. The maximum atomic E-state index is 10.9. The van der Waals surface area contributed by atoms with Crippen molar-refractivity contribution in [3.63, 3.8) is 0 Å². The standard InChI is InChI=1S/C16H29N3O/c1-4-10-19(12-11-18(2)3)14-16(20,13-17)15-8-6-5-7-9-15/h5-9,20H,4,10-14,17H2,1-3H3. The molecule has 0 fully saturated rings. The predicted molar refractivity (Wildman–Crippen MR) is 84.7 cm³/mol. The molecule has 0 bridgehead atoms. The number of likely N-dealkylation sites (N-methyl/N-ethyl adjacent to an activating group) is 1. The molecule has 1 aromatic rings. The van der Waals surface area contributed by atoms with Gasteiger partial charge in [0.05, 0.1) is 0 Å². The second-order valence-electron chi connectivity index (χ2n) is 5.68. The third-order valence-corrected chi connectivity index (χ3v) is 3.54. The molecule has 1 atom stereocenters. The molecule has 4 heteroatoms. The van der Waals surface area contributed by atoms with Crippen molar-refractivity contribution in [3.8, 4) is 0 Å². The van der Waals surface area contributed by atoms with Crippen LogP contribution in [-0.2, 0) is 5.60 Å². The van der Waals surface area contributed by atoms with E-state index in [2.05, 4.69) is 30.8 Å². The van der Waals surface area contributed by atoms with Crippen LogP contribution < -0.4 is 5.73 Å². The molecule has 0 amide bonds. The fraction of sp³-hybridized carbons (Fsp3) is 0.625. The Labute approximate surface area is 123 Å². The Kier molecular flexibility index (Phi) is 7.16. The highest BCUT2D eigenvalue weighted by atomic mass is 16.3. The normalized spacial score (nSPS) is 14.8. The van der Waals surface area contributed by atoms with Crippen molar-refractivity contribution in [1.29, 1.82) is 0 Å². The molecule has 0 aromatic heterocycles. The molecule has 1 unspecified atom stereocenters. The Morgan fingerprint density at radius 2 is 1.75 bits per heavy atom. The van der Waals surface area contributed by atoms with Crippen molar-refractivity contribution in [2.75, 3.05) is 46.8 Å². The van der Waals surface area contributed by atoms with Crippen molar-refractivity contribution in [1.82, 2.24) is 9.80 Å². The highest BCUT2D eigenvalue weighted by Crippen LogP contribution is 2.21. The first kappa shape index (κ1) is 17.1. The van der Waals surface area contributed by atoms with Gasteiger partial charge in [-0.3, -0.25) is 4.90 Å². The summed E-state index contributed by atoms with van der Waals surface area (Å²) in [4.78, 5) is 4.45. The molecular formula is C16H29N3O. The lowest BCUT2D eigenvalue weighted by molar-refractivity contribution is 0.00538. The number of nitrogens with two attached hydrogens (primary N) is 1. The third-order valence-electron chi connectivity index (χ3n) is 3.54. The molecule has 0 aliphatic carbocycles. The van der Waals surface area contributed by atoms with Gasteiger partial charge in [-0.05, 0) is 32.6 Å². The molecule has 4 nitrogen and oxygen atoms in total. The number of hydrogen-bond donors (Lipinski definition) is 2. The highest BCUT2D eigenvalue weighted by molar-refractivity contribution is 5.23. The summed E-state index contributed by atoms with van der Waals surface area (Å²) in [6, 6.07) is 9.74. The number of rotatable bonds is 9. The van der Waals surface area contributed by atoms with E-state index in [9.17, 15) is 5.11 Å². The van der Waals surface area contributed by atoms with E-state index < -0.39 is 5.60 Å². The second kappa shape index (κ2) is 8.37. The van der Waals surface area contributed by atoms with Gasteiger partial charge in [-0.1, -0.05) is 37.3 Å². The van der Waals surface area contributed by atoms with E-state index in [0.717, 1.165) is 31.6 Å². The molecule has 0 aliphatic rings. The fourth-order valence-electron chi connectivity index (χ4n) is 2.32. The average Bonchev–Trinajstić information content (AvgIpc) is 2.45. The maximum absolute atomic E-state index is 10.9. The van der Waals surface area contributed by atoms with Gasteiger partial charge in [0.2, 0.25) is 0 Å². The quantitative estimate of drug-likeness (QED) is 0.711. The molecule has 20 heavy (non-hydrogen) atoms. The number of benzene rings is 1. The first-order valence-corrected chi connectivity index (χ1v) is 7.37. The van der Waals surface area contributed by atoms with E-state index >= 15 is 0 Å². The van der Waals surface area contributed by atoms with Gasteiger partial charge in [0.15, 0.2) is 0 Å². The van der Waals surface area contributed by atoms with Gasteiger partial charge in [-0.15, -0.1) is 0 Å². The van der Waals surface area contributed by atoms with Crippen LogP contribution in [0.1, 0.15) is 18.9 Å². The smallest absolute Gasteiger partial charge is 0.114 e. The van der Waals surface area contributed by atoms with Crippen LogP contribution in [0.15, 0.2) is 30.3 Å². The summed E-state index contributed by atoms with van der Waals surface area (Å²) in [5.74, 6) is 0. The zero-order valence-corrected chi connectivity index (χ0v) is 13.0. The molecule has 3 N–H and O–H groups in total. The second-order valence-corrected chi connectivity index (χ2v) is 5.68. The molecule has 0 radical (unpaired) electrons. The minimum Gasteiger partial charge on any atom is -0.382 e. The Hall–Kier alpha value is -0.940. The van der Waals surface area contributed by atoms with E-state index in [4.69, 9.17) is 5.73 Å². The molecule has 1 aromatic carbocycles. The summed E-state index contributed by atoms with van der Waals surface area (Å²) in [5.41, 5.74) is 5.78. The van der Waals surface area contributed by atoms with Gasteiger partial charge in [-0.2, -0.15) is 0 Å². The third kappa shape index (κ3) is 5.21. The number of nitrogens with zero attached hydrogens (tertiary/aromatic N) is 2. The summed E-state index contributed by atoms with van der Waals surface area (Å²) in [5, 5.41) is 10.9. The molecule has 0 heterocycles. The summed E-state index contributed by atoms with van der Waals surface area (Å²) in [6.45, 7) is 5.87. The van der Waals surface area contributed by atoms with Crippen LogP contribution in [0.2, 0.25) is 0 Å².